The summed E-state index contributed by atoms with van der Waals surface area (Å²) in [6.07, 6.45) is 3.18. The highest BCUT2D eigenvalue weighted by molar-refractivity contribution is 5.95. The zero-order valence-corrected chi connectivity index (χ0v) is 11.1. The van der Waals surface area contributed by atoms with Crippen LogP contribution in [0.4, 0.5) is 10.1 Å². The van der Waals surface area contributed by atoms with Gasteiger partial charge in [0.25, 0.3) is 0 Å². The Morgan fingerprint density at radius 2 is 2.22 bits per heavy atom. The highest BCUT2D eigenvalue weighted by Gasteiger charge is 2.14. The van der Waals surface area contributed by atoms with Gasteiger partial charge in [-0.05, 0) is 31.5 Å². The molecule has 1 atom stereocenters. The summed E-state index contributed by atoms with van der Waals surface area (Å²) in [5.41, 5.74) is 0.854. The molecular weight excluding hydrogens is 233 g/mol. The van der Waals surface area contributed by atoms with E-state index in [4.69, 9.17) is 0 Å². The Bertz CT molecular complexity index is 407. The summed E-state index contributed by atoms with van der Waals surface area (Å²) in [6.45, 7) is 4.14. The number of nitrogens with one attached hydrogen (secondary N) is 1. The lowest BCUT2D eigenvalue weighted by Gasteiger charge is -2.17. The van der Waals surface area contributed by atoms with Gasteiger partial charge in [0.2, 0.25) is 0 Å². The molecule has 1 N–H and O–H groups in total. The van der Waals surface area contributed by atoms with Gasteiger partial charge < -0.3 is 10.1 Å². The van der Waals surface area contributed by atoms with E-state index in [1.54, 1.807) is 0 Å². The van der Waals surface area contributed by atoms with E-state index in [0.29, 0.717) is 11.3 Å². The fourth-order valence-corrected chi connectivity index (χ4v) is 1.77. The van der Waals surface area contributed by atoms with Crippen LogP contribution in [-0.4, -0.2) is 19.1 Å². The van der Waals surface area contributed by atoms with Gasteiger partial charge in [-0.15, -0.1) is 0 Å². The SMILES string of the molecule is CCCCC(C)Nc1cc(F)ccc1C(=O)OC. The molecule has 0 fully saturated rings. The molecule has 1 aromatic rings. The monoisotopic (exact) mass is 253 g/mol. The molecule has 0 heterocycles. The van der Waals surface area contributed by atoms with Crippen LogP contribution in [-0.2, 0) is 4.74 Å². The molecule has 0 aliphatic heterocycles. The Balaban J connectivity index is 2.85. The molecule has 0 amide bonds. The fraction of sp³-hybridized carbons (Fsp3) is 0.500. The summed E-state index contributed by atoms with van der Waals surface area (Å²) in [4.78, 5) is 11.6. The maximum absolute atomic E-state index is 13.2. The summed E-state index contributed by atoms with van der Waals surface area (Å²) < 4.78 is 17.9. The van der Waals surface area contributed by atoms with Gasteiger partial charge in [0.1, 0.15) is 5.82 Å². The van der Waals surface area contributed by atoms with Gasteiger partial charge in [-0.2, -0.15) is 0 Å². The normalized spacial score (nSPS) is 12.0. The molecule has 1 rings (SSSR count). The molecule has 1 unspecified atom stereocenters. The first-order chi connectivity index (χ1) is 8.58. The summed E-state index contributed by atoms with van der Waals surface area (Å²) in [5, 5.41) is 3.16. The Hall–Kier alpha value is -1.58. The third-order valence-electron chi connectivity index (χ3n) is 2.78. The molecule has 0 aliphatic rings. The highest BCUT2D eigenvalue weighted by atomic mass is 19.1. The molecule has 0 aliphatic carbocycles. The Morgan fingerprint density at radius 3 is 2.83 bits per heavy atom. The minimum atomic E-state index is -0.458. The predicted molar refractivity (Wildman–Crippen MR) is 70.3 cm³/mol. The standard InChI is InChI=1S/C14H20FNO2/c1-4-5-6-10(2)16-13-9-11(15)7-8-12(13)14(17)18-3/h7-10,16H,4-6H2,1-3H3. The summed E-state index contributed by atoms with van der Waals surface area (Å²) in [7, 11) is 1.32. The van der Waals surface area contributed by atoms with Crippen molar-refractivity contribution < 1.29 is 13.9 Å². The van der Waals surface area contributed by atoms with Crippen LogP contribution in [0, 0.1) is 5.82 Å². The smallest absolute Gasteiger partial charge is 0.339 e. The molecule has 0 saturated carbocycles. The van der Waals surface area contributed by atoms with E-state index >= 15 is 0 Å². The molecule has 100 valence electrons. The van der Waals surface area contributed by atoms with Crippen LogP contribution in [0.5, 0.6) is 0 Å². The maximum Gasteiger partial charge on any atom is 0.339 e. The number of benzene rings is 1. The van der Waals surface area contributed by atoms with Crippen molar-refractivity contribution in [1.29, 1.82) is 0 Å². The van der Waals surface area contributed by atoms with Gasteiger partial charge in [0.05, 0.1) is 18.4 Å². The third kappa shape index (κ3) is 4.02. The van der Waals surface area contributed by atoms with E-state index in [-0.39, 0.29) is 11.9 Å². The first-order valence-electron chi connectivity index (χ1n) is 6.22. The third-order valence-corrected chi connectivity index (χ3v) is 2.78. The molecule has 0 spiro atoms. The topological polar surface area (TPSA) is 38.3 Å². The van der Waals surface area contributed by atoms with Crippen molar-refractivity contribution in [1.82, 2.24) is 0 Å². The van der Waals surface area contributed by atoms with E-state index in [2.05, 4.69) is 17.0 Å². The zero-order chi connectivity index (χ0) is 13.5. The van der Waals surface area contributed by atoms with Crippen molar-refractivity contribution in [2.24, 2.45) is 0 Å². The number of hydrogen-bond donors (Lipinski definition) is 1. The van der Waals surface area contributed by atoms with Gasteiger partial charge in [0.15, 0.2) is 0 Å². The second-order valence-corrected chi connectivity index (χ2v) is 4.37. The average Bonchev–Trinajstić information content (AvgIpc) is 2.35. The molecular formula is C14H20FNO2. The number of rotatable bonds is 6. The van der Waals surface area contributed by atoms with E-state index in [0.717, 1.165) is 19.3 Å². The van der Waals surface area contributed by atoms with Crippen LogP contribution in [0.2, 0.25) is 0 Å². The van der Waals surface area contributed by atoms with E-state index < -0.39 is 5.97 Å². The molecule has 18 heavy (non-hydrogen) atoms. The van der Waals surface area contributed by atoms with Crippen LogP contribution in [0.1, 0.15) is 43.5 Å². The van der Waals surface area contributed by atoms with Gasteiger partial charge in [0, 0.05) is 6.04 Å². The van der Waals surface area contributed by atoms with Crippen molar-refractivity contribution in [3.05, 3.63) is 29.6 Å². The predicted octanol–water partition coefficient (Wildman–Crippen LogP) is 3.60. The minimum absolute atomic E-state index is 0.190. The number of hydrogen-bond acceptors (Lipinski definition) is 3. The van der Waals surface area contributed by atoms with Crippen LogP contribution >= 0.6 is 0 Å². The molecule has 3 nitrogen and oxygen atoms in total. The van der Waals surface area contributed by atoms with Crippen molar-refractivity contribution in [2.75, 3.05) is 12.4 Å². The van der Waals surface area contributed by atoms with Crippen LogP contribution < -0.4 is 5.32 Å². The first kappa shape index (κ1) is 14.5. The van der Waals surface area contributed by atoms with E-state index in [1.807, 2.05) is 6.92 Å². The number of ether oxygens (including phenoxy) is 1. The van der Waals surface area contributed by atoms with Crippen LogP contribution in [0.25, 0.3) is 0 Å². The van der Waals surface area contributed by atoms with Crippen molar-refractivity contribution in [2.45, 2.75) is 39.2 Å². The number of halogens is 1. The lowest BCUT2D eigenvalue weighted by Crippen LogP contribution is -2.17. The molecule has 1 aromatic carbocycles. The molecule has 0 aromatic heterocycles. The molecule has 4 heteroatoms. The highest BCUT2D eigenvalue weighted by Crippen LogP contribution is 2.20. The molecule has 0 radical (unpaired) electrons. The zero-order valence-electron chi connectivity index (χ0n) is 11.1. The Morgan fingerprint density at radius 1 is 1.50 bits per heavy atom. The Labute approximate surface area is 107 Å². The largest absolute Gasteiger partial charge is 0.465 e. The summed E-state index contributed by atoms with van der Waals surface area (Å²) in [6, 6.07) is 4.22. The second-order valence-electron chi connectivity index (χ2n) is 4.37. The van der Waals surface area contributed by atoms with Gasteiger partial charge in [-0.1, -0.05) is 19.8 Å². The number of esters is 1. The number of unbranched alkanes of at least 4 members (excludes halogenated alkanes) is 1. The Kier molecular flexibility index (Phi) is 5.62. The first-order valence-corrected chi connectivity index (χ1v) is 6.22. The number of anilines is 1. The molecule has 0 bridgehead atoms. The number of carbonyl (C=O) groups is 1. The van der Waals surface area contributed by atoms with E-state index in [9.17, 15) is 9.18 Å². The van der Waals surface area contributed by atoms with Gasteiger partial charge in [-0.3, -0.25) is 0 Å². The lowest BCUT2D eigenvalue weighted by atomic mass is 10.1. The summed E-state index contributed by atoms with van der Waals surface area (Å²) in [5.74, 6) is -0.826. The quantitative estimate of drug-likeness (QED) is 0.787. The van der Waals surface area contributed by atoms with Crippen molar-refractivity contribution in [3.63, 3.8) is 0 Å². The van der Waals surface area contributed by atoms with Crippen LogP contribution in [0.3, 0.4) is 0 Å². The average molecular weight is 253 g/mol. The fourth-order valence-electron chi connectivity index (χ4n) is 1.77. The second kappa shape index (κ2) is 6.99. The van der Waals surface area contributed by atoms with Gasteiger partial charge in [-0.25, -0.2) is 9.18 Å². The minimum Gasteiger partial charge on any atom is -0.465 e. The lowest BCUT2D eigenvalue weighted by molar-refractivity contribution is 0.0601. The maximum atomic E-state index is 13.2. The molecule has 0 saturated heterocycles. The van der Waals surface area contributed by atoms with Crippen molar-refractivity contribution >= 4 is 11.7 Å². The summed E-state index contributed by atoms with van der Waals surface area (Å²) >= 11 is 0. The van der Waals surface area contributed by atoms with Crippen LogP contribution in [0.15, 0.2) is 18.2 Å². The number of methoxy groups -OCH3 is 1. The van der Waals surface area contributed by atoms with Gasteiger partial charge >= 0.3 is 5.97 Å². The van der Waals surface area contributed by atoms with E-state index in [1.165, 1.54) is 25.3 Å². The number of carbonyl (C=O) groups excluding carboxylic acids is 1. The van der Waals surface area contributed by atoms with Crippen molar-refractivity contribution in [3.8, 4) is 0 Å².